The van der Waals surface area contributed by atoms with Crippen LogP contribution in [0.4, 0.5) is 0 Å². The Kier molecular flexibility index (Phi) is 7.36. The third-order valence-electron chi connectivity index (χ3n) is 6.20. The van der Waals surface area contributed by atoms with Crippen LogP contribution in [0.3, 0.4) is 0 Å². The van der Waals surface area contributed by atoms with Crippen molar-refractivity contribution in [2.75, 3.05) is 26.1 Å². The average Bonchev–Trinajstić information content (AvgIpc) is 3.41. The molecule has 1 aliphatic rings. The zero-order valence-electron chi connectivity index (χ0n) is 19.7. The fourth-order valence-corrected chi connectivity index (χ4v) is 5.56. The van der Waals surface area contributed by atoms with E-state index in [1.165, 1.54) is 11.8 Å². The summed E-state index contributed by atoms with van der Waals surface area (Å²) in [5.41, 5.74) is 3.23. The van der Waals surface area contributed by atoms with E-state index in [0.29, 0.717) is 34.8 Å². The topological polar surface area (TPSA) is 75.4 Å². The van der Waals surface area contributed by atoms with E-state index in [-0.39, 0.29) is 29.2 Å². The fourth-order valence-electron chi connectivity index (χ4n) is 4.67. The molecule has 2 aromatic heterocycles. The monoisotopic (exact) mass is 469 g/mol. The van der Waals surface area contributed by atoms with Gasteiger partial charge in [0.2, 0.25) is 0 Å². The van der Waals surface area contributed by atoms with Crippen LogP contribution in [0, 0.1) is 13.8 Å². The van der Waals surface area contributed by atoms with Gasteiger partial charge in [0.15, 0.2) is 10.9 Å². The Bertz CT molecular complexity index is 1210. The molecule has 33 heavy (non-hydrogen) atoms. The number of ketones is 1. The van der Waals surface area contributed by atoms with Gasteiger partial charge in [-0.15, -0.1) is 0 Å². The number of thioether (sulfide) groups is 1. The average molecular weight is 470 g/mol. The maximum absolute atomic E-state index is 13.2. The van der Waals surface area contributed by atoms with Crippen molar-refractivity contribution in [3.8, 4) is 0 Å². The predicted molar refractivity (Wildman–Crippen MR) is 131 cm³/mol. The SMILES string of the molecule is COCC(C)n1c(C)cc(C(=O)CSc2nc3ccccc3c(=O)n2CC2CCCO2)c1C. The van der Waals surface area contributed by atoms with E-state index in [1.807, 2.05) is 38.1 Å². The first kappa shape index (κ1) is 23.7. The zero-order chi connectivity index (χ0) is 23.5. The van der Waals surface area contributed by atoms with Crippen molar-refractivity contribution in [2.24, 2.45) is 0 Å². The number of aromatic nitrogens is 3. The second kappa shape index (κ2) is 10.2. The summed E-state index contributed by atoms with van der Waals surface area (Å²) in [4.78, 5) is 31.2. The van der Waals surface area contributed by atoms with Crippen molar-refractivity contribution < 1.29 is 14.3 Å². The van der Waals surface area contributed by atoms with E-state index in [0.717, 1.165) is 30.8 Å². The van der Waals surface area contributed by atoms with Crippen LogP contribution in [0.1, 0.15) is 47.6 Å². The smallest absolute Gasteiger partial charge is 0.262 e. The van der Waals surface area contributed by atoms with Gasteiger partial charge in [-0.1, -0.05) is 23.9 Å². The van der Waals surface area contributed by atoms with Crippen molar-refractivity contribution in [2.45, 2.75) is 57.5 Å². The van der Waals surface area contributed by atoms with E-state index in [9.17, 15) is 9.59 Å². The molecule has 0 bridgehead atoms. The lowest BCUT2D eigenvalue weighted by atomic mass is 10.2. The summed E-state index contributed by atoms with van der Waals surface area (Å²) in [5.74, 6) is 0.231. The Balaban J connectivity index is 1.61. The molecule has 1 saturated heterocycles. The Labute approximate surface area is 198 Å². The molecule has 4 rings (SSSR count). The van der Waals surface area contributed by atoms with Crippen molar-refractivity contribution in [1.29, 1.82) is 0 Å². The second-order valence-corrected chi connectivity index (χ2v) is 9.58. The fraction of sp³-hybridized carbons (Fsp3) is 0.480. The molecule has 7 nitrogen and oxygen atoms in total. The van der Waals surface area contributed by atoms with Gasteiger partial charge in [0.25, 0.3) is 5.56 Å². The first-order valence-corrected chi connectivity index (χ1v) is 12.3. The number of fused-ring (bicyclic) bond motifs is 1. The summed E-state index contributed by atoms with van der Waals surface area (Å²) in [6, 6.07) is 9.43. The molecule has 0 spiro atoms. The minimum absolute atomic E-state index is 0.00177. The molecule has 3 heterocycles. The highest BCUT2D eigenvalue weighted by molar-refractivity contribution is 7.99. The number of methoxy groups -OCH3 is 1. The Morgan fingerprint density at radius 1 is 1.33 bits per heavy atom. The van der Waals surface area contributed by atoms with Crippen LogP contribution in [0.5, 0.6) is 0 Å². The molecule has 176 valence electrons. The van der Waals surface area contributed by atoms with Gasteiger partial charge in [0.1, 0.15) is 0 Å². The molecule has 1 aliphatic heterocycles. The molecule has 0 radical (unpaired) electrons. The summed E-state index contributed by atoms with van der Waals surface area (Å²) in [5, 5.41) is 1.14. The summed E-state index contributed by atoms with van der Waals surface area (Å²) in [6.45, 7) is 7.81. The lowest BCUT2D eigenvalue weighted by Crippen LogP contribution is -2.29. The maximum Gasteiger partial charge on any atom is 0.262 e. The number of carbonyl (C=O) groups is 1. The van der Waals surface area contributed by atoms with Gasteiger partial charge >= 0.3 is 0 Å². The number of rotatable bonds is 9. The van der Waals surface area contributed by atoms with Gasteiger partial charge < -0.3 is 14.0 Å². The minimum atomic E-state index is -0.0855. The zero-order valence-corrected chi connectivity index (χ0v) is 20.5. The number of hydrogen-bond donors (Lipinski definition) is 0. The number of carbonyl (C=O) groups excluding carboxylic acids is 1. The van der Waals surface area contributed by atoms with Crippen molar-refractivity contribution in [1.82, 2.24) is 14.1 Å². The first-order valence-electron chi connectivity index (χ1n) is 11.3. The molecule has 1 aromatic carbocycles. The minimum Gasteiger partial charge on any atom is -0.383 e. The molecule has 2 unspecified atom stereocenters. The highest BCUT2D eigenvalue weighted by Crippen LogP contribution is 2.25. The van der Waals surface area contributed by atoms with Gasteiger partial charge in [-0.3, -0.25) is 14.2 Å². The van der Waals surface area contributed by atoms with Crippen molar-refractivity contribution in [3.63, 3.8) is 0 Å². The van der Waals surface area contributed by atoms with Gasteiger partial charge in [-0.2, -0.15) is 0 Å². The third-order valence-corrected chi connectivity index (χ3v) is 7.18. The number of nitrogens with zero attached hydrogens (tertiary/aromatic N) is 3. The third kappa shape index (κ3) is 4.93. The molecular formula is C25H31N3O4S. The van der Waals surface area contributed by atoms with E-state index >= 15 is 0 Å². The number of Topliss-reactive ketones (excluding diaryl/α,β-unsaturated/α-hetero) is 1. The number of para-hydroxylation sites is 1. The van der Waals surface area contributed by atoms with E-state index in [2.05, 4.69) is 11.5 Å². The van der Waals surface area contributed by atoms with Crippen LogP contribution < -0.4 is 5.56 Å². The number of benzene rings is 1. The number of aryl methyl sites for hydroxylation is 1. The molecule has 3 aromatic rings. The highest BCUT2D eigenvalue weighted by Gasteiger charge is 2.22. The standard InChI is InChI=1S/C25H31N3O4S/c1-16-12-21(18(3)28(16)17(2)14-31-4)23(29)15-33-25-26-22-10-6-5-9-20(22)24(30)27(25)13-19-8-7-11-32-19/h5-6,9-10,12,17,19H,7-8,11,13-15H2,1-4H3. The first-order chi connectivity index (χ1) is 15.9. The lowest BCUT2D eigenvalue weighted by molar-refractivity contribution is 0.0937. The number of ether oxygens (including phenoxy) is 2. The van der Waals surface area contributed by atoms with Gasteiger partial charge in [0.05, 0.1) is 42.0 Å². The van der Waals surface area contributed by atoms with E-state index < -0.39 is 0 Å². The quantitative estimate of drug-likeness (QED) is 0.266. The second-order valence-electron chi connectivity index (χ2n) is 8.63. The van der Waals surface area contributed by atoms with Crippen molar-refractivity contribution >= 4 is 28.4 Å². The summed E-state index contributed by atoms with van der Waals surface area (Å²) >= 11 is 1.32. The molecule has 0 N–H and O–H groups in total. The van der Waals surface area contributed by atoms with Crippen LogP contribution in [0.15, 0.2) is 40.3 Å². The van der Waals surface area contributed by atoms with E-state index in [1.54, 1.807) is 17.7 Å². The molecule has 0 aliphatic carbocycles. The van der Waals surface area contributed by atoms with Gasteiger partial charge in [-0.05, 0) is 51.8 Å². The largest absolute Gasteiger partial charge is 0.383 e. The summed E-state index contributed by atoms with van der Waals surface area (Å²) in [7, 11) is 1.68. The van der Waals surface area contributed by atoms with Gasteiger partial charge in [0, 0.05) is 30.7 Å². The molecular weight excluding hydrogens is 438 g/mol. The normalized spacial score (nSPS) is 17.0. The highest BCUT2D eigenvalue weighted by atomic mass is 32.2. The lowest BCUT2D eigenvalue weighted by Gasteiger charge is -2.18. The van der Waals surface area contributed by atoms with Gasteiger partial charge in [-0.25, -0.2) is 4.98 Å². The molecule has 1 fully saturated rings. The predicted octanol–water partition coefficient (Wildman–Crippen LogP) is 4.18. The van der Waals surface area contributed by atoms with Crippen LogP contribution >= 0.6 is 11.8 Å². The van der Waals surface area contributed by atoms with Crippen LogP contribution in [0.2, 0.25) is 0 Å². The van der Waals surface area contributed by atoms with E-state index in [4.69, 9.17) is 14.5 Å². The molecule has 2 atom stereocenters. The molecule has 0 saturated carbocycles. The maximum atomic E-state index is 13.2. The van der Waals surface area contributed by atoms with Crippen LogP contribution in [0.25, 0.3) is 10.9 Å². The summed E-state index contributed by atoms with van der Waals surface area (Å²) < 4.78 is 14.9. The Morgan fingerprint density at radius 3 is 2.85 bits per heavy atom. The Morgan fingerprint density at radius 2 is 2.12 bits per heavy atom. The number of hydrogen-bond acceptors (Lipinski definition) is 6. The van der Waals surface area contributed by atoms with Crippen LogP contribution in [-0.2, 0) is 16.0 Å². The Hall–Kier alpha value is -2.42. The molecule has 0 amide bonds. The van der Waals surface area contributed by atoms with Crippen LogP contribution in [-0.4, -0.2) is 52.1 Å². The molecule has 8 heteroatoms. The summed E-state index contributed by atoms with van der Waals surface area (Å²) in [6.07, 6.45) is 1.92. The van der Waals surface area contributed by atoms with Crippen molar-refractivity contribution in [3.05, 3.63) is 57.6 Å².